The monoisotopic (exact) mass is 285 g/mol. The normalized spacial score (nSPS) is 10.1. The molecule has 3 N–H and O–H groups in total. The number of aryl methyl sites for hydroxylation is 1. The van der Waals surface area contributed by atoms with Crippen molar-refractivity contribution in [2.24, 2.45) is 0 Å². The Morgan fingerprint density at radius 2 is 1.90 bits per heavy atom. The van der Waals surface area contributed by atoms with Gasteiger partial charge in [0.25, 0.3) is 5.91 Å². The number of hydrogen-bond donors (Lipinski definition) is 2. The number of hydrogen-bond acceptors (Lipinski definition) is 4. The Hall–Kier alpha value is -2.89. The molecule has 1 heterocycles. The summed E-state index contributed by atoms with van der Waals surface area (Å²) >= 11 is 0. The molecule has 0 saturated carbocycles. The van der Waals surface area contributed by atoms with Crippen LogP contribution in [0, 0.1) is 6.92 Å². The lowest BCUT2D eigenvalue weighted by Gasteiger charge is -2.21. The van der Waals surface area contributed by atoms with Gasteiger partial charge in [0.1, 0.15) is 6.54 Å². The summed E-state index contributed by atoms with van der Waals surface area (Å²) in [5, 5.41) is 9.02. The van der Waals surface area contributed by atoms with E-state index in [9.17, 15) is 9.59 Å². The Morgan fingerprint density at radius 1 is 1.24 bits per heavy atom. The lowest BCUT2D eigenvalue weighted by molar-refractivity contribution is -0.135. The van der Waals surface area contributed by atoms with Crippen LogP contribution in [0.15, 0.2) is 42.6 Å². The maximum Gasteiger partial charge on any atom is 0.323 e. The average molecular weight is 285 g/mol. The standard InChI is InChI=1S/C15H15N3O3/c1-10-4-6-11(7-5-10)18(9-13(19)20)15(21)14-12(16)3-2-8-17-14/h2-8H,9,16H2,1H3,(H,19,20). The van der Waals surface area contributed by atoms with Crippen LogP contribution in [0.4, 0.5) is 11.4 Å². The highest BCUT2D eigenvalue weighted by atomic mass is 16.4. The zero-order valence-corrected chi connectivity index (χ0v) is 11.5. The van der Waals surface area contributed by atoms with Crippen molar-refractivity contribution in [1.82, 2.24) is 4.98 Å². The van der Waals surface area contributed by atoms with Crippen LogP contribution in [-0.2, 0) is 4.79 Å². The molecule has 0 saturated heterocycles. The van der Waals surface area contributed by atoms with Crippen molar-refractivity contribution >= 4 is 23.3 Å². The number of amides is 1. The van der Waals surface area contributed by atoms with Crippen LogP contribution in [-0.4, -0.2) is 28.5 Å². The molecule has 0 bridgehead atoms. The van der Waals surface area contributed by atoms with Crippen LogP contribution in [0.3, 0.4) is 0 Å². The zero-order chi connectivity index (χ0) is 15.4. The van der Waals surface area contributed by atoms with E-state index >= 15 is 0 Å². The molecule has 0 aliphatic carbocycles. The van der Waals surface area contributed by atoms with Crippen molar-refractivity contribution in [1.29, 1.82) is 0 Å². The number of benzene rings is 1. The van der Waals surface area contributed by atoms with E-state index in [-0.39, 0.29) is 11.4 Å². The van der Waals surface area contributed by atoms with Gasteiger partial charge < -0.3 is 10.8 Å². The number of pyridine rings is 1. The van der Waals surface area contributed by atoms with E-state index in [2.05, 4.69) is 4.98 Å². The maximum atomic E-state index is 12.5. The Bertz CT molecular complexity index is 668. The van der Waals surface area contributed by atoms with Gasteiger partial charge in [0, 0.05) is 11.9 Å². The Labute approximate surface area is 121 Å². The van der Waals surface area contributed by atoms with Gasteiger partial charge in [0.05, 0.1) is 5.69 Å². The number of carbonyl (C=O) groups is 2. The van der Waals surface area contributed by atoms with Crippen molar-refractivity contribution in [3.63, 3.8) is 0 Å². The molecule has 0 radical (unpaired) electrons. The fraction of sp³-hybridized carbons (Fsp3) is 0.133. The predicted molar refractivity (Wildman–Crippen MR) is 79.1 cm³/mol. The molecule has 1 aromatic heterocycles. The van der Waals surface area contributed by atoms with Crippen LogP contribution in [0.2, 0.25) is 0 Å². The third kappa shape index (κ3) is 3.36. The molecule has 2 rings (SSSR count). The SMILES string of the molecule is Cc1ccc(N(CC(=O)O)C(=O)c2ncccc2N)cc1. The van der Waals surface area contributed by atoms with Gasteiger partial charge in [-0.2, -0.15) is 0 Å². The second-order valence-electron chi connectivity index (χ2n) is 4.56. The summed E-state index contributed by atoms with van der Waals surface area (Å²) in [6.45, 7) is 1.45. The number of nitrogens with two attached hydrogens (primary N) is 1. The average Bonchev–Trinajstić information content (AvgIpc) is 2.45. The maximum absolute atomic E-state index is 12.5. The van der Waals surface area contributed by atoms with Gasteiger partial charge in [-0.25, -0.2) is 4.98 Å². The van der Waals surface area contributed by atoms with Crippen molar-refractivity contribution in [2.75, 3.05) is 17.2 Å². The third-order valence-corrected chi connectivity index (χ3v) is 2.93. The first kappa shape index (κ1) is 14.5. The van der Waals surface area contributed by atoms with Crippen molar-refractivity contribution < 1.29 is 14.7 Å². The first-order valence-corrected chi connectivity index (χ1v) is 6.30. The largest absolute Gasteiger partial charge is 0.480 e. The molecule has 1 aromatic carbocycles. The molecule has 108 valence electrons. The second-order valence-corrected chi connectivity index (χ2v) is 4.56. The zero-order valence-electron chi connectivity index (χ0n) is 11.5. The summed E-state index contributed by atoms with van der Waals surface area (Å²) < 4.78 is 0. The van der Waals surface area contributed by atoms with Crippen LogP contribution in [0.1, 0.15) is 16.1 Å². The summed E-state index contributed by atoms with van der Waals surface area (Å²) in [6.07, 6.45) is 1.44. The van der Waals surface area contributed by atoms with Gasteiger partial charge in [-0.05, 0) is 31.2 Å². The predicted octanol–water partition coefficient (Wildman–Crippen LogP) is 1.70. The minimum atomic E-state index is -1.11. The highest BCUT2D eigenvalue weighted by Gasteiger charge is 2.23. The summed E-state index contributed by atoms with van der Waals surface area (Å²) in [5.74, 6) is -1.65. The van der Waals surface area contributed by atoms with E-state index in [1.165, 1.54) is 6.20 Å². The number of carboxylic acids is 1. The highest BCUT2D eigenvalue weighted by Crippen LogP contribution is 2.19. The lowest BCUT2D eigenvalue weighted by atomic mass is 10.2. The molecule has 21 heavy (non-hydrogen) atoms. The lowest BCUT2D eigenvalue weighted by Crippen LogP contribution is -2.36. The summed E-state index contributed by atoms with van der Waals surface area (Å²) in [7, 11) is 0. The van der Waals surface area contributed by atoms with E-state index in [1.807, 2.05) is 6.92 Å². The molecule has 0 aliphatic heterocycles. The molecule has 0 fully saturated rings. The molecule has 0 spiro atoms. The van der Waals surface area contributed by atoms with E-state index in [1.54, 1.807) is 36.4 Å². The van der Waals surface area contributed by atoms with Crippen molar-refractivity contribution in [3.8, 4) is 0 Å². The minimum Gasteiger partial charge on any atom is -0.480 e. The topological polar surface area (TPSA) is 96.5 Å². The number of rotatable bonds is 4. The second kappa shape index (κ2) is 6.04. The number of carbonyl (C=O) groups excluding carboxylic acids is 1. The van der Waals surface area contributed by atoms with Crippen LogP contribution in [0.25, 0.3) is 0 Å². The summed E-state index contributed by atoms with van der Waals surface area (Å²) in [5.41, 5.74) is 7.49. The van der Waals surface area contributed by atoms with Gasteiger partial charge in [-0.15, -0.1) is 0 Å². The minimum absolute atomic E-state index is 0.0410. The number of aliphatic carboxylic acids is 1. The first-order chi connectivity index (χ1) is 9.99. The quantitative estimate of drug-likeness (QED) is 0.891. The molecule has 0 aliphatic rings. The number of anilines is 2. The first-order valence-electron chi connectivity index (χ1n) is 6.30. The molecule has 1 amide bonds. The van der Waals surface area contributed by atoms with Crippen molar-refractivity contribution in [3.05, 3.63) is 53.9 Å². The molecular weight excluding hydrogens is 270 g/mol. The van der Waals surface area contributed by atoms with Gasteiger partial charge in [-0.1, -0.05) is 17.7 Å². The van der Waals surface area contributed by atoms with Crippen LogP contribution >= 0.6 is 0 Å². The number of nitrogens with zero attached hydrogens (tertiary/aromatic N) is 2. The molecule has 6 nitrogen and oxygen atoms in total. The fourth-order valence-corrected chi connectivity index (χ4v) is 1.86. The number of aromatic nitrogens is 1. The van der Waals surface area contributed by atoms with E-state index in [0.29, 0.717) is 5.69 Å². The molecular formula is C15H15N3O3. The molecule has 6 heteroatoms. The van der Waals surface area contributed by atoms with Crippen LogP contribution in [0.5, 0.6) is 0 Å². The molecule has 2 aromatic rings. The summed E-state index contributed by atoms with van der Waals surface area (Å²) in [4.78, 5) is 28.6. The van der Waals surface area contributed by atoms with Gasteiger partial charge in [0.15, 0.2) is 5.69 Å². The number of nitrogen functional groups attached to an aromatic ring is 1. The molecule has 0 atom stereocenters. The fourth-order valence-electron chi connectivity index (χ4n) is 1.86. The Morgan fingerprint density at radius 3 is 2.48 bits per heavy atom. The van der Waals surface area contributed by atoms with Crippen molar-refractivity contribution in [2.45, 2.75) is 6.92 Å². The van der Waals surface area contributed by atoms with Gasteiger partial charge in [-0.3, -0.25) is 14.5 Å². The number of carboxylic acid groups (broad SMARTS) is 1. The Kier molecular flexibility index (Phi) is 4.18. The highest BCUT2D eigenvalue weighted by molar-refractivity contribution is 6.09. The summed E-state index contributed by atoms with van der Waals surface area (Å²) in [6, 6.07) is 10.1. The van der Waals surface area contributed by atoms with E-state index in [4.69, 9.17) is 10.8 Å². The van der Waals surface area contributed by atoms with E-state index in [0.717, 1.165) is 10.5 Å². The Balaban J connectivity index is 2.40. The third-order valence-electron chi connectivity index (χ3n) is 2.93. The molecule has 0 unspecified atom stereocenters. The van der Waals surface area contributed by atoms with Gasteiger partial charge >= 0.3 is 5.97 Å². The smallest absolute Gasteiger partial charge is 0.323 e. The van der Waals surface area contributed by atoms with Gasteiger partial charge in [0.2, 0.25) is 0 Å². The van der Waals surface area contributed by atoms with Crippen LogP contribution < -0.4 is 10.6 Å². The van der Waals surface area contributed by atoms with E-state index < -0.39 is 18.4 Å².